The van der Waals surface area contributed by atoms with Gasteiger partial charge in [-0.3, -0.25) is 9.59 Å². The highest BCUT2D eigenvalue weighted by molar-refractivity contribution is 7.89. The molecule has 0 radical (unpaired) electrons. The molecule has 7 nitrogen and oxygen atoms in total. The third-order valence-electron chi connectivity index (χ3n) is 5.69. The van der Waals surface area contributed by atoms with Gasteiger partial charge in [-0.05, 0) is 48.9 Å². The van der Waals surface area contributed by atoms with E-state index in [-0.39, 0.29) is 35.7 Å². The van der Waals surface area contributed by atoms with E-state index in [4.69, 9.17) is 11.6 Å². The third-order valence-corrected chi connectivity index (χ3v) is 7.99. The molecule has 0 aliphatic carbocycles. The summed E-state index contributed by atoms with van der Waals surface area (Å²) in [6.45, 7) is 6.46. The van der Waals surface area contributed by atoms with Crippen molar-refractivity contribution in [2.75, 3.05) is 24.5 Å². The highest BCUT2D eigenvalue weighted by Gasteiger charge is 2.35. The molecule has 1 aliphatic rings. The number of carbonyl (C=O) groups is 2. The lowest BCUT2D eigenvalue weighted by atomic mass is 10.1. The predicted octanol–water partition coefficient (Wildman–Crippen LogP) is 3.60. The molecule has 0 aromatic heterocycles. The van der Waals surface area contributed by atoms with Crippen molar-refractivity contribution in [3.8, 4) is 0 Å². The molecule has 1 N–H and O–H groups in total. The van der Waals surface area contributed by atoms with Crippen molar-refractivity contribution >= 4 is 39.1 Å². The number of halogens is 1. The Kier molecular flexibility index (Phi) is 7.59. The van der Waals surface area contributed by atoms with Gasteiger partial charge in [-0.15, -0.1) is 0 Å². The van der Waals surface area contributed by atoms with Crippen LogP contribution in [0.1, 0.15) is 38.8 Å². The van der Waals surface area contributed by atoms with Gasteiger partial charge in [0.2, 0.25) is 21.8 Å². The number of amides is 2. The molecule has 1 heterocycles. The zero-order valence-electron chi connectivity index (χ0n) is 18.4. The fourth-order valence-electron chi connectivity index (χ4n) is 3.83. The van der Waals surface area contributed by atoms with Gasteiger partial charge in [0.1, 0.15) is 0 Å². The lowest BCUT2D eigenvalue weighted by Gasteiger charge is -2.20. The van der Waals surface area contributed by atoms with Gasteiger partial charge in [-0.2, -0.15) is 4.31 Å². The molecule has 172 valence electrons. The maximum atomic E-state index is 12.8. The van der Waals surface area contributed by atoms with Gasteiger partial charge in [0, 0.05) is 36.8 Å². The van der Waals surface area contributed by atoms with Crippen molar-refractivity contribution in [2.45, 2.75) is 38.1 Å². The van der Waals surface area contributed by atoms with Crippen LogP contribution in [-0.2, 0) is 19.6 Å². The average Bonchev–Trinajstić information content (AvgIpc) is 3.16. The Bertz CT molecular complexity index is 1080. The Hall–Kier alpha value is -2.42. The quantitative estimate of drug-likeness (QED) is 0.629. The minimum atomic E-state index is -3.57. The summed E-state index contributed by atoms with van der Waals surface area (Å²) in [7, 11) is -3.57. The third kappa shape index (κ3) is 5.14. The summed E-state index contributed by atoms with van der Waals surface area (Å²) in [5.41, 5.74) is 1.46. The van der Waals surface area contributed by atoms with Gasteiger partial charge in [-0.25, -0.2) is 8.42 Å². The fourth-order valence-corrected chi connectivity index (χ4v) is 5.49. The number of anilines is 1. The summed E-state index contributed by atoms with van der Waals surface area (Å²) < 4.78 is 26.7. The molecule has 2 unspecified atom stereocenters. The van der Waals surface area contributed by atoms with E-state index in [1.807, 2.05) is 19.1 Å². The molecular formula is C23H28ClN3O4S. The van der Waals surface area contributed by atoms with E-state index in [1.54, 1.807) is 38.1 Å². The van der Waals surface area contributed by atoms with Crippen molar-refractivity contribution in [3.63, 3.8) is 0 Å². The number of benzene rings is 2. The highest BCUT2D eigenvalue weighted by Crippen LogP contribution is 2.28. The second kappa shape index (κ2) is 10.0. The van der Waals surface area contributed by atoms with E-state index >= 15 is 0 Å². The minimum Gasteiger partial charge on any atom is -0.349 e. The highest BCUT2D eigenvalue weighted by atomic mass is 35.5. The van der Waals surface area contributed by atoms with Crippen molar-refractivity contribution in [2.24, 2.45) is 5.92 Å². The summed E-state index contributed by atoms with van der Waals surface area (Å²) in [6, 6.07) is 13.3. The number of hydrogen-bond acceptors (Lipinski definition) is 4. The molecule has 0 bridgehead atoms. The Morgan fingerprint density at radius 3 is 2.44 bits per heavy atom. The number of sulfonamides is 1. The number of rotatable bonds is 8. The Balaban J connectivity index is 1.68. The number of nitrogens with one attached hydrogen (secondary N) is 1. The van der Waals surface area contributed by atoms with Crippen molar-refractivity contribution in [3.05, 3.63) is 59.1 Å². The minimum absolute atomic E-state index is 0.105. The molecule has 0 spiro atoms. The summed E-state index contributed by atoms with van der Waals surface area (Å²) >= 11 is 6.03. The molecule has 2 aromatic carbocycles. The molecular weight excluding hydrogens is 450 g/mol. The molecule has 1 aliphatic heterocycles. The summed E-state index contributed by atoms with van der Waals surface area (Å²) in [5.74, 6) is -0.850. The number of carbonyl (C=O) groups excluding carboxylic acids is 2. The average molecular weight is 478 g/mol. The molecule has 2 aromatic rings. The van der Waals surface area contributed by atoms with Gasteiger partial charge >= 0.3 is 0 Å². The lowest BCUT2D eigenvalue weighted by Crippen LogP contribution is -2.34. The first-order chi connectivity index (χ1) is 15.2. The fraction of sp³-hybridized carbons (Fsp3) is 0.391. The van der Waals surface area contributed by atoms with Crippen LogP contribution < -0.4 is 10.2 Å². The van der Waals surface area contributed by atoms with Crippen LogP contribution in [-0.4, -0.2) is 44.2 Å². The number of hydrogen-bond donors (Lipinski definition) is 1. The standard InChI is InChI=1S/C23H28ClN3O4S/c1-4-26(5-2)32(30,31)21-11-9-20(10-12-21)27-15-18(14-22(27)28)23(29)25-16(3)17-7-6-8-19(24)13-17/h6-13,16,18H,4-5,14-15H2,1-3H3,(H,25,29). The molecule has 0 saturated carbocycles. The Morgan fingerprint density at radius 2 is 1.84 bits per heavy atom. The van der Waals surface area contributed by atoms with Crippen LogP contribution in [0.25, 0.3) is 0 Å². The van der Waals surface area contributed by atoms with Crippen molar-refractivity contribution in [1.29, 1.82) is 0 Å². The summed E-state index contributed by atoms with van der Waals surface area (Å²) in [4.78, 5) is 27.0. The first-order valence-corrected chi connectivity index (χ1v) is 12.5. The van der Waals surface area contributed by atoms with E-state index < -0.39 is 15.9 Å². The molecule has 1 saturated heterocycles. The second-order valence-electron chi connectivity index (χ2n) is 7.77. The second-order valence-corrected chi connectivity index (χ2v) is 10.1. The Labute approximate surface area is 194 Å². The van der Waals surface area contributed by atoms with Crippen LogP contribution in [0.15, 0.2) is 53.4 Å². The van der Waals surface area contributed by atoms with Crippen LogP contribution >= 0.6 is 11.6 Å². The van der Waals surface area contributed by atoms with Gasteiger partial charge in [0.25, 0.3) is 0 Å². The van der Waals surface area contributed by atoms with E-state index in [0.717, 1.165) is 5.56 Å². The topological polar surface area (TPSA) is 86.8 Å². The molecule has 2 amide bonds. The smallest absolute Gasteiger partial charge is 0.243 e. The van der Waals surface area contributed by atoms with Gasteiger partial charge < -0.3 is 10.2 Å². The first kappa shape index (κ1) is 24.2. The van der Waals surface area contributed by atoms with Crippen LogP contribution in [0.4, 0.5) is 5.69 Å². The van der Waals surface area contributed by atoms with Crippen molar-refractivity contribution < 1.29 is 18.0 Å². The molecule has 1 fully saturated rings. The van der Waals surface area contributed by atoms with Crippen LogP contribution in [0, 0.1) is 5.92 Å². The zero-order valence-corrected chi connectivity index (χ0v) is 20.0. The monoisotopic (exact) mass is 477 g/mol. The predicted molar refractivity (Wildman–Crippen MR) is 125 cm³/mol. The lowest BCUT2D eigenvalue weighted by molar-refractivity contribution is -0.126. The van der Waals surface area contributed by atoms with E-state index in [2.05, 4.69) is 5.32 Å². The van der Waals surface area contributed by atoms with Crippen LogP contribution in [0.5, 0.6) is 0 Å². The van der Waals surface area contributed by atoms with Crippen molar-refractivity contribution in [1.82, 2.24) is 9.62 Å². The van der Waals surface area contributed by atoms with Gasteiger partial charge in [0.05, 0.1) is 16.9 Å². The SMILES string of the molecule is CCN(CC)S(=O)(=O)c1ccc(N2CC(C(=O)NC(C)c3cccc(Cl)c3)CC2=O)cc1. The maximum Gasteiger partial charge on any atom is 0.243 e. The van der Waals surface area contributed by atoms with Crippen LogP contribution in [0.3, 0.4) is 0 Å². The Morgan fingerprint density at radius 1 is 1.19 bits per heavy atom. The first-order valence-electron chi connectivity index (χ1n) is 10.6. The van der Waals surface area contributed by atoms with E-state index in [9.17, 15) is 18.0 Å². The molecule has 3 rings (SSSR count). The molecule has 32 heavy (non-hydrogen) atoms. The zero-order chi connectivity index (χ0) is 23.5. The summed E-state index contributed by atoms with van der Waals surface area (Å²) in [6.07, 6.45) is 0.105. The van der Waals surface area contributed by atoms with E-state index in [0.29, 0.717) is 23.8 Å². The van der Waals surface area contributed by atoms with Gasteiger partial charge in [0.15, 0.2) is 0 Å². The van der Waals surface area contributed by atoms with E-state index in [1.165, 1.54) is 21.3 Å². The summed E-state index contributed by atoms with van der Waals surface area (Å²) in [5, 5.41) is 3.55. The normalized spacial score (nSPS) is 17.6. The largest absolute Gasteiger partial charge is 0.349 e. The van der Waals surface area contributed by atoms with Gasteiger partial charge in [-0.1, -0.05) is 37.6 Å². The molecule has 9 heteroatoms. The number of nitrogens with zero attached hydrogens (tertiary/aromatic N) is 2. The molecule has 2 atom stereocenters. The van der Waals surface area contributed by atoms with Crippen LogP contribution in [0.2, 0.25) is 5.02 Å². The maximum absolute atomic E-state index is 12.8.